The highest BCUT2D eigenvalue weighted by Crippen LogP contribution is 2.29. The van der Waals surface area contributed by atoms with Gasteiger partial charge in [-0.3, -0.25) is 19.3 Å². The maximum Gasteiger partial charge on any atom is 0.260 e. The van der Waals surface area contributed by atoms with Crippen LogP contribution < -0.4 is 14.8 Å². The Kier molecular flexibility index (Phi) is 9.56. The van der Waals surface area contributed by atoms with Crippen LogP contribution in [0, 0.1) is 0 Å². The number of nitrogens with one attached hydrogen (secondary N) is 1. The minimum Gasteiger partial charge on any atom is -0.490 e. The highest BCUT2D eigenvalue weighted by atomic mass is 16.5. The first kappa shape index (κ1) is 25.8. The summed E-state index contributed by atoms with van der Waals surface area (Å²) in [5.41, 5.74) is 0.518. The lowest BCUT2D eigenvalue weighted by Gasteiger charge is -2.34. The van der Waals surface area contributed by atoms with Crippen molar-refractivity contribution in [2.75, 3.05) is 59.0 Å². The Morgan fingerprint density at radius 2 is 1.62 bits per heavy atom. The van der Waals surface area contributed by atoms with Crippen molar-refractivity contribution in [3.8, 4) is 11.5 Å². The van der Waals surface area contributed by atoms with Gasteiger partial charge in [-0.25, -0.2) is 0 Å². The summed E-state index contributed by atoms with van der Waals surface area (Å²) in [4.78, 5) is 43.2. The van der Waals surface area contributed by atoms with Crippen LogP contribution in [-0.4, -0.2) is 97.5 Å². The topological polar surface area (TPSA) is 91.4 Å². The van der Waals surface area contributed by atoms with Gasteiger partial charge >= 0.3 is 0 Å². The van der Waals surface area contributed by atoms with Gasteiger partial charge in [0.1, 0.15) is 0 Å². The van der Waals surface area contributed by atoms with Crippen molar-refractivity contribution >= 4 is 17.7 Å². The Bertz CT molecular complexity index is 846. The molecule has 0 aliphatic carbocycles. The predicted molar refractivity (Wildman–Crippen MR) is 129 cm³/mol. The number of benzene rings is 1. The second-order valence-corrected chi connectivity index (χ2v) is 9.12. The fraction of sp³-hybridized carbons (Fsp3) is 0.640. The molecule has 1 N–H and O–H groups in total. The molecule has 2 aliphatic heterocycles. The van der Waals surface area contributed by atoms with Gasteiger partial charge in [0.15, 0.2) is 18.1 Å². The molecule has 0 bridgehead atoms. The largest absolute Gasteiger partial charge is 0.490 e. The van der Waals surface area contributed by atoms with Crippen LogP contribution >= 0.6 is 0 Å². The van der Waals surface area contributed by atoms with Gasteiger partial charge in [-0.05, 0) is 58.2 Å². The van der Waals surface area contributed by atoms with Crippen LogP contribution in [0.4, 0.5) is 0 Å². The Labute approximate surface area is 202 Å². The van der Waals surface area contributed by atoms with Crippen LogP contribution in [-0.2, 0) is 9.59 Å². The van der Waals surface area contributed by atoms with E-state index in [1.807, 2.05) is 25.7 Å². The summed E-state index contributed by atoms with van der Waals surface area (Å²) in [7, 11) is 0. The van der Waals surface area contributed by atoms with Crippen molar-refractivity contribution < 1.29 is 23.9 Å². The zero-order valence-corrected chi connectivity index (χ0v) is 20.7. The standard InChI is InChI=1S/C25H38N4O5/c1-4-33-22-16-20(8-9-21(22)34-18-24(31)28-10-6-5-7-11-28)25(32)29-14-12-27(13-15-29)17-23(30)26-19(2)3/h8-9,16,19H,4-7,10-15,17-18H2,1-3H3,(H,26,30). The lowest BCUT2D eigenvalue weighted by molar-refractivity contribution is -0.134. The highest BCUT2D eigenvalue weighted by molar-refractivity contribution is 5.95. The number of ether oxygens (including phenoxy) is 2. The van der Waals surface area contributed by atoms with Crippen molar-refractivity contribution in [3.63, 3.8) is 0 Å². The van der Waals surface area contributed by atoms with E-state index in [4.69, 9.17) is 9.47 Å². The number of piperazine rings is 1. The quantitative estimate of drug-likeness (QED) is 0.587. The van der Waals surface area contributed by atoms with Gasteiger partial charge in [-0.15, -0.1) is 0 Å². The molecule has 0 radical (unpaired) electrons. The molecule has 0 unspecified atom stereocenters. The third-order valence-corrected chi connectivity index (χ3v) is 6.03. The van der Waals surface area contributed by atoms with E-state index in [1.165, 1.54) is 0 Å². The summed E-state index contributed by atoms with van der Waals surface area (Å²) in [6, 6.07) is 5.22. The summed E-state index contributed by atoms with van der Waals surface area (Å²) in [5, 5.41) is 2.90. The second-order valence-electron chi connectivity index (χ2n) is 9.12. The Morgan fingerprint density at radius 3 is 2.26 bits per heavy atom. The summed E-state index contributed by atoms with van der Waals surface area (Å²) >= 11 is 0. The van der Waals surface area contributed by atoms with Gasteiger partial charge < -0.3 is 24.6 Å². The van der Waals surface area contributed by atoms with Crippen molar-refractivity contribution in [3.05, 3.63) is 23.8 Å². The molecule has 3 rings (SSSR count). The second kappa shape index (κ2) is 12.6. The average Bonchev–Trinajstić information content (AvgIpc) is 2.83. The van der Waals surface area contributed by atoms with E-state index in [2.05, 4.69) is 10.2 Å². The Balaban J connectivity index is 1.56. The zero-order chi connectivity index (χ0) is 24.5. The van der Waals surface area contributed by atoms with E-state index in [0.29, 0.717) is 56.4 Å². The van der Waals surface area contributed by atoms with Gasteiger partial charge in [0.2, 0.25) is 5.91 Å². The number of amides is 3. The minimum atomic E-state index is -0.0804. The molecule has 0 aromatic heterocycles. The predicted octanol–water partition coefficient (Wildman–Crippen LogP) is 1.76. The molecule has 0 spiro atoms. The lowest BCUT2D eigenvalue weighted by atomic mass is 10.1. The van der Waals surface area contributed by atoms with Crippen LogP contribution in [0.15, 0.2) is 18.2 Å². The maximum atomic E-state index is 13.1. The molecule has 2 heterocycles. The van der Waals surface area contributed by atoms with E-state index in [1.54, 1.807) is 23.1 Å². The summed E-state index contributed by atoms with van der Waals surface area (Å²) in [6.07, 6.45) is 3.23. The summed E-state index contributed by atoms with van der Waals surface area (Å²) in [6.45, 7) is 10.4. The van der Waals surface area contributed by atoms with E-state index < -0.39 is 0 Å². The van der Waals surface area contributed by atoms with E-state index >= 15 is 0 Å². The summed E-state index contributed by atoms with van der Waals surface area (Å²) in [5.74, 6) is 0.824. The molecule has 34 heavy (non-hydrogen) atoms. The minimum absolute atomic E-state index is 0.00508. The van der Waals surface area contributed by atoms with Gasteiger partial charge in [0.25, 0.3) is 11.8 Å². The van der Waals surface area contributed by atoms with Crippen LogP contribution in [0.5, 0.6) is 11.5 Å². The number of carbonyl (C=O) groups is 3. The van der Waals surface area contributed by atoms with Crippen LogP contribution in [0.3, 0.4) is 0 Å². The normalized spacial score (nSPS) is 16.9. The molecular weight excluding hydrogens is 436 g/mol. The number of hydrogen-bond donors (Lipinski definition) is 1. The van der Waals surface area contributed by atoms with E-state index in [-0.39, 0.29) is 30.4 Å². The van der Waals surface area contributed by atoms with Gasteiger partial charge in [0, 0.05) is 50.9 Å². The van der Waals surface area contributed by atoms with Crippen molar-refractivity contribution in [2.45, 2.75) is 46.1 Å². The van der Waals surface area contributed by atoms with Crippen LogP contribution in [0.25, 0.3) is 0 Å². The third-order valence-electron chi connectivity index (χ3n) is 6.03. The van der Waals surface area contributed by atoms with E-state index in [0.717, 1.165) is 32.4 Å². The molecule has 1 aromatic carbocycles. The molecule has 2 saturated heterocycles. The smallest absolute Gasteiger partial charge is 0.260 e. The summed E-state index contributed by atoms with van der Waals surface area (Å²) < 4.78 is 11.5. The lowest BCUT2D eigenvalue weighted by Crippen LogP contribution is -2.51. The van der Waals surface area contributed by atoms with Crippen molar-refractivity contribution in [1.29, 1.82) is 0 Å². The SMILES string of the molecule is CCOc1cc(C(=O)N2CCN(CC(=O)NC(C)C)CC2)ccc1OCC(=O)N1CCCCC1. The van der Waals surface area contributed by atoms with Gasteiger partial charge in [-0.1, -0.05) is 0 Å². The number of nitrogens with zero attached hydrogens (tertiary/aromatic N) is 3. The molecule has 3 amide bonds. The highest BCUT2D eigenvalue weighted by Gasteiger charge is 2.25. The van der Waals surface area contributed by atoms with Crippen molar-refractivity contribution in [1.82, 2.24) is 20.0 Å². The van der Waals surface area contributed by atoms with Crippen LogP contribution in [0.2, 0.25) is 0 Å². The first-order chi connectivity index (χ1) is 16.4. The Hall–Kier alpha value is -2.81. The van der Waals surface area contributed by atoms with Crippen LogP contribution in [0.1, 0.15) is 50.4 Å². The molecule has 0 saturated carbocycles. The number of likely N-dealkylation sites (tertiary alicyclic amines) is 1. The number of hydrogen-bond acceptors (Lipinski definition) is 6. The molecule has 9 heteroatoms. The van der Waals surface area contributed by atoms with Crippen molar-refractivity contribution in [2.24, 2.45) is 0 Å². The fourth-order valence-corrected chi connectivity index (χ4v) is 4.27. The molecular formula is C25H38N4O5. The molecule has 188 valence electrons. The fourth-order valence-electron chi connectivity index (χ4n) is 4.27. The monoisotopic (exact) mass is 474 g/mol. The maximum absolute atomic E-state index is 13.1. The number of piperidine rings is 1. The molecule has 0 atom stereocenters. The zero-order valence-electron chi connectivity index (χ0n) is 20.7. The molecule has 2 fully saturated rings. The molecule has 9 nitrogen and oxygen atoms in total. The number of rotatable bonds is 9. The molecule has 2 aliphatic rings. The average molecular weight is 475 g/mol. The first-order valence-electron chi connectivity index (χ1n) is 12.4. The Morgan fingerprint density at radius 1 is 0.912 bits per heavy atom. The van der Waals surface area contributed by atoms with E-state index in [9.17, 15) is 14.4 Å². The molecule has 1 aromatic rings. The van der Waals surface area contributed by atoms with Gasteiger partial charge in [-0.2, -0.15) is 0 Å². The third kappa shape index (κ3) is 7.35. The first-order valence-corrected chi connectivity index (χ1v) is 12.4. The van der Waals surface area contributed by atoms with Gasteiger partial charge in [0.05, 0.1) is 13.2 Å². The number of carbonyl (C=O) groups excluding carboxylic acids is 3.